The predicted molar refractivity (Wildman–Crippen MR) is 109 cm³/mol. The molecule has 8 unspecified atom stereocenters. The van der Waals surface area contributed by atoms with Crippen molar-refractivity contribution in [2.24, 2.45) is 17.4 Å². The van der Waals surface area contributed by atoms with Crippen LogP contribution in [-0.4, -0.2) is 55.3 Å². The zero-order valence-electron chi connectivity index (χ0n) is 15.9. The van der Waals surface area contributed by atoms with Crippen molar-refractivity contribution in [3.63, 3.8) is 0 Å². The summed E-state index contributed by atoms with van der Waals surface area (Å²) >= 11 is 1.27. The van der Waals surface area contributed by atoms with Gasteiger partial charge in [-0.05, 0) is 0 Å². The number of halogens is 3. The number of ether oxygens (including phenoxy) is 1. The van der Waals surface area contributed by atoms with Crippen LogP contribution in [0.3, 0.4) is 0 Å². The average molecular weight is 716 g/mol. The maximum atomic E-state index is 10.6. The number of nitrogens with two attached hydrogens (primary N) is 2. The molecule has 1 heterocycles. The van der Waals surface area contributed by atoms with Crippen molar-refractivity contribution in [3.8, 4) is 0 Å². The number of hydrogen-bond acceptors (Lipinski definition) is 7. The molecule has 7 N–H and O–H groups in total. The van der Waals surface area contributed by atoms with Crippen molar-refractivity contribution in [2.45, 2.75) is 56.4 Å². The van der Waals surface area contributed by atoms with Gasteiger partial charge in [-0.3, -0.25) is 0 Å². The fourth-order valence-corrected chi connectivity index (χ4v) is 11.6. The summed E-state index contributed by atoms with van der Waals surface area (Å²) in [5, 5.41) is 4.00. The molecule has 1 aliphatic rings. The summed E-state index contributed by atoms with van der Waals surface area (Å²) in [7, 11) is 0. The van der Waals surface area contributed by atoms with Gasteiger partial charge in [-0.15, -0.1) is 0 Å². The SMILES string of the molecule is CSC(CC(I)OCC(C)C1NC(C)[I-](C)(O)NC1(C)N)C(N)[I-]C. The molecule has 25 heavy (non-hydrogen) atoms. The summed E-state index contributed by atoms with van der Waals surface area (Å²) in [4.78, 5) is 4.16. The van der Waals surface area contributed by atoms with E-state index in [4.69, 9.17) is 16.2 Å². The van der Waals surface area contributed by atoms with Gasteiger partial charge in [0.25, 0.3) is 0 Å². The van der Waals surface area contributed by atoms with Crippen molar-refractivity contribution >= 4 is 34.4 Å². The van der Waals surface area contributed by atoms with E-state index in [-0.39, 0.29) is 41.3 Å². The van der Waals surface area contributed by atoms with Crippen LogP contribution in [-0.2, 0) is 4.74 Å². The zero-order chi connectivity index (χ0) is 19.4. The summed E-state index contributed by atoms with van der Waals surface area (Å²) in [6.07, 6.45) is 3.10. The molecule has 10 heteroatoms. The number of alkyl halides is 5. The van der Waals surface area contributed by atoms with E-state index < -0.39 is 24.8 Å². The fourth-order valence-electron chi connectivity index (χ4n) is 2.95. The Bertz CT molecular complexity index is 420. The van der Waals surface area contributed by atoms with Gasteiger partial charge in [0, 0.05) is 0 Å². The van der Waals surface area contributed by atoms with E-state index in [0.717, 1.165) is 6.42 Å². The topological polar surface area (TPSA) is 106 Å². The van der Waals surface area contributed by atoms with Crippen molar-refractivity contribution < 1.29 is 48.5 Å². The van der Waals surface area contributed by atoms with Gasteiger partial charge in [0.15, 0.2) is 0 Å². The second-order valence-corrected chi connectivity index (χ2v) is 19.4. The molecule has 0 aromatic rings. The quantitative estimate of drug-likeness (QED) is 0.0704. The van der Waals surface area contributed by atoms with Crippen LogP contribution in [0.5, 0.6) is 0 Å². The molecule has 0 bridgehead atoms. The van der Waals surface area contributed by atoms with Crippen LogP contribution in [0.25, 0.3) is 0 Å². The summed E-state index contributed by atoms with van der Waals surface area (Å²) in [6.45, 7) is 6.79. The predicted octanol–water partition coefficient (Wildman–Crippen LogP) is -5.28. The Morgan fingerprint density at radius 3 is 2.64 bits per heavy atom. The van der Waals surface area contributed by atoms with Crippen LogP contribution in [0.1, 0.15) is 27.2 Å². The van der Waals surface area contributed by atoms with Crippen molar-refractivity contribution in [1.82, 2.24) is 8.85 Å². The molecular formula is C15H35I3N4O2S-2. The van der Waals surface area contributed by atoms with Gasteiger partial charge in [-0.1, -0.05) is 0 Å². The number of rotatable bonds is 9. The Labute approximate surface area is 186 Å². The summed E-state index contributed by atoms with van der Waals surface area (Å²) in [5.74, 6) is 0.236. The molecule has 0 aromatic carbocycles. The minimum absolute atomic E-state index is 0.0496. The third-order valence-corrected chi connectivity index (χ3v) is 15.5. The molecule has 8 atom stereocenters. The molecule has 1 aliphatic heterocycles. The Balaban J connectivity index is 2.56. The molecular weight excluding hydrogens is 681 g/mol. The second kappa shape index (κ2) is 10.9. The number of hydrogen-bond donors (Lipinski definition) is 5. The van der Waals surface area contributed by atoms with E-state index in [1.165, 1.54) is 0 Å². The first kappa shape index (κ1) is 25.3. The first-order valence-corrected chi connectivity index (χ1v) is 19.6. The zero-order valence-corrected chi connectivity index (χ0v) is 23.2. The third kappa shape index (κ3) is 7.57. The monoisotopic (exact) mass is 716 g/mol. The Kier molecular flexibility index (Phi) is 11.0. The standard InChI is InChI=1S/C15H35I3N4O2S/c1-9(8-24-12(16)7-11(25-6)14(19)17-4)13-15(3,20)22-18(5,23)10(2)21-13/h9-14,21-23H,7-8,19-20H2,1-6H3/q-2. The molecule has 6 nitrogen and oxygen atoms in total. The Hall–Kier alpha value is 2.30. The van der Waals surface area contributed by atoms with E-state index in [1.54, 1.807) is 0 Å². The van der Waals surface area contributed by atoms with Crippen LogP contribution < -0.4 is 60.6 Å². The van der Waals surface area contributed by atoms with Crippen LogP contribution >= 0.6 is 34.4 Å². The van der Waals surface area contributed by atoms with Crippen LogP contribution in [0.2, 0.25) is 0 Å². The van der Waals surface area contributed by atoms with Gasteiger partial charge in [-0.25, -0.2) is 0 Å². The minimum atomic E-state index is -3.00. The summed E-state index contributed by atoms with van der Waals surface area (Å²) in [6, 6.07) is 0.0510. The molecule has 0 saturated carbocycles. The molecule has 0 radical (unpaired) electrons. The first-order chi connectivity index (χ1) is 11.4. The van der Waals surface area contributed by atoms with E-state index in [0.29, 0.717) is 15.9 Å². The van der Waals surface area contributed by atoms with Crippen molar-refractivity contribution in [2.75, 3.05) is 22.7 Å². The van der Waals surface area contributed by atoms with Crippen LogP contribution in [0.4, 0.5) is 0 Å². The molecule has 156 valence electrons. The second-order valence-electron chi connectivity index (χ2n) is 6.90. The van der Waals surface area contributed by atoms with E-state index >= 15 is 0 Å². The normalized spacial score (nSPS) is 40.9. The van der Waals surface area contributed by atoms with Crippen LogP contribution in [0.15, 0.2) is 0 Å². The first-order valence-electron chi connectivity index (χ1n) is 8.22. The summed E-state index contributed by atoms with van der Waals surface area (Å²) < 4.78 is 20.6. The van der Waals surface area contributed by atoms with Crippen molar-refractivity contribution in [3.05, 3.63) is 0 Å². The Morgan fingerprint density at radius 2 is 2.12 bits per heavy atom. The van der Waals surface area contributed by atoms with E-state index in [1.807, 2.05) is 30.5 Å². The van der Waals surface area contributed by atoms with Gasteiger partial charge in [0.2, 0.25) is 0 Å². The molecule has 0 spiro atoms. The van der Waals surface area contributed by atoms with Crippen LogP contribution in [0, 0.1) is 5.92 Å². The summed E-state index contributed by atoms with van der Waals surface area (Å²) in [5.41, 5.74) is 12.1. The maximum absolute atomic E-state index is 10.6. The van der Waals surface area contributed by atoms with Gasteiger partial charge in [-0.2, -0.15) is 0 Å². The molecule has 0 amide bonds. The van der Waals surface area contributed by atoms with E-state index in [2.05, 4.69) is 49.5 Å². The molecule has 1 rings (SSSR count). The average Bonchev–Trinajstić information content (AvgIpc) is 2.51. The van der Waals surface area contributed by atoms with Gasteiger partial charge in [0.1, 0.15) is 0 Å². The van der Waals surface area contributed by atoms with Gasteiger partial charge in [0.05, 0.1) is 0 Å². The number of thioether (sulfide) groups is 1. The third-order valence-electron chi connectivity index (χ3n) is 4.52. The van der Waals surface area contributed by atoms with Crippen molar-refractivity contribution in [1.29, 1.82) is 0 Å². The molecule has 0 aromatic heterocycles. The molecule has 1 saturated heterocycles. The van der Waals surface area contributed by atoms with Gasteiger partial charge < -0.3 is 0 Å². The van der Waals surface area contributed by atoms with E-state index in [9.17, 15) is 3.44 Å². The van der Waals surface area contributed by atoms with Gasteiger partial charge >= 0.3 is 188 Å². The fraction of sp³-hybridized carbons (Fsp3) is 1.00. The molecule has 0 aliphatic carbocycles. The molecule has 1 fully saturated rings. The Morgan fingerprint density at radius 1 is 1.52 bits per heavy atom. The number of nitrogens with one attached hydrogen (secondary N) is 2.